The molecule has 2 atom stereocenters. The van der Waals surface area contributed by atoms with E-state index in [9.17, 15) is 28.8 Å². The minimum absolute atomic E-state index is 0.0354. The number of likely N-dealkylation sites (N-methyl/N-ethyl adjacent to an activating group) is 4. The number of carbonyl (C=O) groups excluding carboxylic acids is 6. The molecular weight excluding hydrogens is 1140 g/mol. The molecule has 6 aromatic rings. The average Bonchev–Trinajstić information content (AvgIpc) is 1.93. The van der Waals surface area contributed by atoms with Crippen molar-refractivity contribution in [2.75, 3.05) is 91.6 Å². The molecule has 89 heavy (non-hydrogen) atoms. The van der Waals surface area contributed by atoms with Gasteiger partial charge in [0, 0.05) is 105 Å². The number of rotatable bonds is 27. The van der Waals surface area contributed by atoms with Crippen molar-refractivity contribution in [1.29, 1.82) is 5.26 Å². The fourth-order valence-corrected chi connectivity index (χ4v) is 11.7. The second kappa shape index (κ2) is 30.6. The number of hydrogen-bond donors (Lipinski definition) is 2. The van der Waals surface area contributed by atoms with E-state index in [4.69, 9.17) is 28.9 Å². The zero-order valence-corrected chi connectivity index (χ0v) is 52.1. The number of anilines is 2. The van der Waals surface area contributed by atoms with Crippen LogP contribution in [0.25, 0.3) is 33.1 Å². The molecule has 1 saturated heterocycles. The maximum absolute atomic E-state index is 13.7. The topological polar surface area (TPSA) is 247 Å². The summed E-state index contributed by atoms with van der Waals surface area (Å²) in [6.07, 6.45) is 16.5. The second-order valence-corrected chi connectivity index (χ2v) is 23.4. The third-order valence-electron chi connectivity index (χ3n) is 17.1. The maximum Gasteiger partial charge on any atom is 0.415 e. The Bertz CT molecular complexity index is 3550. The van der Waals surface area contributed by atoms with Crippen LogP contribution < -0.4 is 39.0 Å². The molecule has 1 fully saturated rings. The highest BCUT2D eigenvalue weighted by Gasteiger charge is 2.34. The average molecular weight is 1220 g/mol. The van der Waals surface area contributed by atoms with E-state index in [1.807, 2.05) is 36.3 Å². The third kappa shape index (κ3) is 16.3. The molecule has 3 aliphatic rings. The van der Waals surface area contributed by atoms with E-state index in [1.54, 1.807) is 75.7 Å². The zero-order valence-electron chi connectivity index (χ0n) is 52.1. The lowest BCUT2D eigenvalue weighted by Gasteiger charge is -2.42. The number of methoxy groups -OCH3 is 1. The van der Waals surface area contributed by atoms with Gasteiger partial charge in [0.05, 0.1) is 35.6 Å². The smallest absolute Gasteiger partial charge is 0.415 e. The zero-order chi connectivity index (χ0) is 63.0. The van der Waals surface area contributed by atoms with Crippen molar-refractivity contribution >= 4 is 69.3 Å². The van der Waals surface area contributed by atoms with Gasteiger partial charge in [0.25, 0.3) is 0 Å². The molecule has 23 heteroatoms. The lowest BCUT2D eigenvalue weighted by atomic mass is 9.92. The molecule has 472 valence electrons. The minimum Gasteiger partial charge on any atom is -0.493 e. The summed E-state index contributed by atoms with van der Waals surface area (Å²) in [6.45, 7) is 5.23. The van der Waals surface area contributed by atoms with Crippen LogP contribution in [-0.2, 0) is 38.7 Å². The van der Waals surface area contributed by atoms with Gasteiger partial charge >= 0.3 is 18.2 Å². The first kappa shape index (κ1) is 64.3. The van der Waals surface area contributed by atoms with Crippen LogP contribution in [-0.4, -0.2) is 157 Å². The Labute approximate surface area is 519 Å². The number of piperidine rings is 1. The molecule has 3 aromatic heterocycles. The highest BCUT2D eigenvalue weighted by Crippen LogP contribution is 2.42. The number of amides is 6. The number of nitriles is 1. The van der Waals surface area contributed by atoms with Crippen LogP contribution in [0.1, 0.15) is 108 Å². The molecule has 9 rings (SSSR count). The molecule has 0 saturated carbocycles. The monoisotopic (exact) mass is 1220 g/mol. The van der Waals surface area contributed by atoms with Gasteiger partial charge in [0.2, 0.25) is 30.2 Å². The van der Waals surface area contributed by atoms with Crippen LogP contribution in [0.2, 0.25) is 0 Å². The Morgan fingerprint density at radius 3 is 2.19 bits per heavy atom. The van der Waals surface area contributed by atoms with E-state index in [-0.39, 0.29) is 75.2 Å². The summed E-state index contributed by atoms with van der Waals surface area (Å²) in [5, 5.41) is 17.3. The Kier molecular flexibility index (Phi) is 22.1. The van der Waals surface area contributed by atoms with Crippen LogP contribution in [0.4, 0.5) is 25.9 Å². The van der Waals surface area contributed by atoms with Gasteiger partial charge in [-0.3, -0.25) is 19.0 Å². The lowest BCUT2D eigenvalue weighted by molar-refractivity contribution is -0.686. The summed E-state index contributed by atoms with van der Waals surface area (Å²) in [6, 6.07) is 20.5. The van der Waals surface area contributed by atoms with Crippen molar-refractivity contribution < 1.29 is 57.0 Å². The van der Waals surface area contributed by atoms with Gasteiger partial charge in [0.15, 0.2) is 41.4 Å². The van der Waals surface area contributed by atoms with Crippen molar-refractivity contribution in [3.8, 4) is 40.3 Å². The SMILES string of the molecule is COc1ccc2cc3[n+](cc2c1OC(=O)N(C)CCNC(=O)CCCCCCCCCCCCC(=O)Nc1ccc(COC(=O)N(C)CCN(C)C(=O)n2ccc4c(N(C)C5CN(C(=O)CC#N)CC[C@H]5C)ncnc42)cc1)CCc1cc2c(cc1-3)OCO2. The number of nitrogens with zero attached hydrogens (tertiary/aromatic N) is 10. The van der Waals surface area contributed by atoms with Gasteiger partial charge < -0.3 is 58.8 Å². The van der Waals surface area contributed by atoms with Crippen LogP contribution >= 0.6 is 0 Å². The highest BCUT2D eigenvalue weighted by molar-refractivity contribution is 5.96. The van der Waals surface area contributed by atoms with Crippen molar-refractivity contribution in [1.82, 2.24) is 39.5 Å². The number of ether oxygens (including phenoxy) is 5. The molecule has 0 radical (unpaired) electrons. The van der Waals surface area contributed by atoms with Crippen molar-refractivity contribution in [3.63, 3.8) is 0 Å². The summed E-state index contributed by atoms with van der Waals surface area (Å²) >= 11 is 0. The first-order valence-electron chi connectivity index (χ1n) is 31.0. The van der Waals surface area contributed by atoms with E-state index in [2.05, 4.69) is 44.2 Å². The van der Waals surface area contributed by atoms with Crippen LogP contribution in [0, 0.1) is 17.2 Å². The van der Waals surface area contributed by atoms with E-state index < -0.39 is 12.2 Å². The summed E-state index contributed by atoms with van der Waals surface area (Å²) in [4.78, 5) is 94.9. The molecule has 3 aliphatic heterocycles. The summed E-state index contributed by atoms with van der Waals surface area (Å²) in [7, 11) is 8.38. The molecule has 0 aliphatic carbocycles. The van der Waals surface area contributed by atoms with Crippen molar-refractivity contribution in [2.45, 2.75) is 122 Å². The first-order valence-corrected chi connectivity index (χ1v) is 31.0. The quantitative estimate of drug-likeness (QED) is 0.0360. The Balaban J connectivity index is 0.579. The van der Waals surface area contributed by atoms with Gasteiger partial charge in [-0.1, -0.05) is 70.4 Å². The molecule has 6 heterocycles. The largest absolute Gasteiger partial charge is 0.493 e. The predicted molar refractivity (Wildman–Crippen MR) is 335 cm³/mol. The molecular formula is C66H83N12O11+. The standard InChI is InChI=1S/C66H82N12O11/c1-45-26-31-77(60(81)25-29-67)41-54(45)75(5)62-50-28-33-78(63(50)70-43-69-62)64(82)72(2)35-36-74(4)65(83)86-42-46-19-22-49(23-20-46)71-59(80)18-16-14-12-10-8-7-9-11-13-15-17-58(79)68-30-34-73(3)66(84)89-61-52-40-76-32-27-48-38-56-57(88-44-87-56)39-51(48)53(76)37-47(52)21-24-55(61)85-6/h19-24,28,33,37-40,43,45,54H,7-18,25-27,30-32,34-36,41-42,44H2,1-6H3,(H-,68,71,79,80)/p+1/t45-,54?/m1/s1. The summed E-state index contributed by atoms with van der Waals surface area (Å²) in [5.41, 5.74) is 5.17. The normalized spacial score (nSPS) is 14.7. The fourth-order valence-electron chi connectivity index (χ4n) is 11.7. The first-order chi connectivity index (χ1) is 43.1. The number of pyridine rings is 1. The molecule has 0 bridgehead atoms. The Morgan fingerprint density at radius 1 is 0.787 bits per heavy atom. The number of aromatic nitrogens is 4. The molecule has 6 amide bonds. The van der Waals surface area contributed by atoms with Crippen molar-refractivity contribution in [3.05, 3.63) is 90.5 Å². The molecule has 3 aromatic carbocycles. The van der Waals surface area contributed by atoms with E-state index in [0.29, 0.717) is 66.5 Å². The van der Waals surface area contributed by atoms with E-state index in [0.717, 1.165) is 123 Å². The van der Waals surface area contributed by atoms with Gasteiger partial charge in [-0.25, -0.2) is 24.4 Å². The number of likely N-dealkylation sites (tertiary alicyclic amines) is 1. The van der Waals surface area contributed by atoms with Gasteiger partial charge in [-0.05, 0) is 84.2 Å². The Hall–Kier alpha value is -9.20. The summed E-state index contributed by atoms with van der Waals surface area (Å²) in [5.74, 6) is 2.92. The molecule has 0 spiro atoms. The number of nitrogens with one attached hydrogen (secondary N) is 2. The molecule has 23 nitrogen and oxygen atoms in total. The Morgan fingerprint density at radius 2 is 1.47 bits per heavy atom. The predicted octanol–water partition coefficient (Wildman–Crippen LogP) is 9.45. The minimum atomic E-state index is -0.549. The van der Waals surface area contributed by atoms with Crippen molar-refractivity contribution in [2.24, 2.45) is 5.92 Å². The maximum atomic E-state index is 13.7. The van der Waals surface area contributed by atoms with E-state index >= 15 is 0 Å². The number of aryl methyl sites for hydroxylation is 2. The van der Waals surface area contributed by atoms with Gasteiger partial charge in [-0.15, -0.1) is 0 Å². The number of carbonyl (C=O) groups is 6. The third-order valence-corrected chi connectivity index (χ3v) is 17.1. The second-order valence-electron chi connectivity index (χ2n) is 23.4. The van der Waals surface area contributed by atoms with Gasteiger partial charge in [-0.2, -0.15) is 9.83 Å². The van der Waals surface area contributed by atoms with Gasteiger partial charge in [0.1, 0.15) is 25.2 Å². The number of benzene rings is 3. The van der Waals surface area contributed by atoms with E-state index in [1.165, 1.54) is 31.2 Å². The van der Waals surface area contributed by atoms with Crippen LogP contribution in [0.15, 0.2) is 79.4 Å². The lowest BCUT2D eigenvalue weighted by Crippen LogP contribution is -2.52. The summed E-state index contributed by atoms with van der Waals surface area (Å²) < 4.78 is 32.0. The number of fused-ring (bicyclic) bond motifs is 6. The molecule has 1 unspecified atom stereocenters. The molecule has 2 N–H and O–H groups in total. The highest BCUT2D eigenvalue weighted by atomic mass is 16.7. The number of unbranched alkanes of at least 4 members (excludes halogenated alkanes) is 9. The van der Waals surface area contributed by atoms with Crippen LogP contribution in [0.3, 0.4) is 0 Å². The van der Waals surface area contributed by atoms with Crippen LogP contribution in [0.5, 0.6) is 23.0 Å². The number of hydrogen-bond acceptors (Lipinski definition) is 15. The fraction of sp³-hybridized carbons (Fsp3) is 0.485.